The molecule has 1 aliphatic rings. The first-order chi connectivity index (χ1) is 10.7. The summed E-state index contributed by atoms with van der Waals surface area (Å²) in [5.41, 5.74) is 6.62. The van der Waals surface area contributed by atoms with Gasteiger partial charge in [-0.3, -0.25) is 9.36 Å². The van der Waals surface area contributed by atoms with Crippen molar-refractivity contribution in [1.82, 2.24) is 20.0 Å². The summed E-state index contributed by atoms with van der Waals surface area (Å²) in [4.78, 5) is 19.8. The molecule has 1 aliphatic heterocycles. The number of aromatic nitrogens is 3. The number of fused-ring (bicyclic) bond motifs is 1. The molecule has 0 atom stereocenters. The van der Waals surface area contributed by atoms with Crippen LogP contribution in [-0.2, 0) is 4.79 Å². The zero-order valence-electron chi connectivity index (χ0n) is 11.9. The summed E-state index contributed by atoms with van der Waals surface area (Å²) in [6.07, 6.45) is 4.60. The van der Waals surface area contributed by atoms with E-state index in [2.05, 4.69) is 20.5 Å². The van der Waals surface area contributed by atoms with Gasteiger partial charge in [0.1, 0.15) is 11.8 Å². The monoisotopic (exact) mass is 295 g/mol. The Morgan fingerprint density at radius 1 is 1.32 bits per heavy atom. The molecule has 0 fully saturated rings. The van der Waals surface area contributed by atoms with Crippen molar-refractivity contribution >= 4 is 22.7 Å². The van der Waals surface area contributed by atoms with E-state index in [1.54, 1.807) is 10.9 Å². The Balaban J connectivity index is 1.73. The third kappa shape index (κ3) is 2.16. The summed E-state index contributed by atoms with van der Waals surface area (Å²) in [5.74, 6) is -0.0535. The number of benzene rings is 1. The van der Waals surface area contributed by atoms with Gasteiger partial charge in [-0.15, -0.1) is 0 Å². The minimum absolute atomic E-state index is 0.0535. The van der Waals surface area contributed by atoms with Crippen molar-refractivity contribution in [2.75, 3.05) is 0 Å². The largest absolute Gasteiger partial charge is 0.423 e. The molecule has 7 heteroatoms. The van der Waals surface area contributed by atoms with Gasteiger partial charge in [0.15, 0.2) is 5.58 Å². The summed E-state index contributed by atoms with van der Waals surface area (Å²) in [6, 6.07) is 6.20. The van der Waals surface area contributed by atoms with Crippen LogP contribution in [0.25, 0.3) is 17.1 Å². The van der Waals surface area contributed by atoms with E-state index in [4.69, 9.17) is 4.42 Å². The topological polar surface area (TPSA) is 85.3 Å². The highest BCUT2D eigenvalue weighted by Gasteiger charge is 2.15. The molecule has 3 heterocycles. The number of oxazole rings is 1. The molecule has 4 rings (SSSR count). The van der Waals surface area contributed by atoms with Gasteiger partial charge in [-0.2, -0.15) is 10.1 Å². The molecule has 2 aromatic heterocycles. The van der Waals surface area contributed by atoms with Crippen LogP contribution in [0.4, 0.5) is 0 Å². The first-order valence-electron chi connectivity index (χ1n) is 6.96. The van der Waals surface area contributed by atoms with Crippen molar-refractivity contribution in [3.05, 3.63) is 42.0 Å². The average molecular weight is 295 g/mol. The fourth-order valence-electron chi connectivity index (χ4n) is 2.41. The zero-order chi connectivity index (χ0) is 15.1. The minimum Gasteiger partial charge on any atom is -0.423 e. The summed E-state index contributed by atoms with van der Waals surface area (Å²) in [6.45, 7) is 1.91. The predicted molar refractivity (Wildman–Crippen MR) is 79.8 cm³/mol. The summed E-state index contributed by atoms with van der Waals surface area (Å²) < 4.78 is 7.53. The molecule has 3 aromatic rings. The van der Waals surface area contributed by atoms with Gasteiger partial charge >= 0.3 is 6.01 Å². The number of amides is 1. The highest BCUT2D eigenvalue weighted by Crippen LogP contribution is 2.21. The molecule has 0 unspecified atom stereocenters. The van der Waals surface area contributed by atoms with E-state index in [0.29, 0.717) is 24.4 Å². The van der Waals surface area contributed by atoms with E-state index in [-0.39, 0.29) is 5.91 Å². The number of aryl methyl sites for hydroxylation is 1. The lowest BCUT2D eigenvalue weighted by molar-refractivity contribution is -0.121. The number of nitrogens with zero attached hydrogens (tertiary/aromatic N) is 4. The highest BCUT2D eigenvalue weighted by atomic mass is 16.4. The van der Waals surface area contributed by atoms with Crippen LogP contribution in [0.15, 0.2) is 40.2 Å². The lowest BCUT2D eigenvalue weighted by Crippen LogP contribution is -2.25. The second-order valence-electron chi connectivity index (χ2n) is 5.19. The van der Waals surface area contributed by atoms with E-state index >= 15 is 0 Å². The number of nitrogens with one attached hydrogen (secondary N) is 1. The standard InChI is InChI=1S/C15H13N5O2/c1-9-7-20(8-16-9)15-17-12-3-2-10(6-13(12)22-15)11-4-5-14(21)19-18-11/h2-3,6-8H,4-5H2,1H3,(H,19,21). The average Bonchev–Trinajstić information content (AvgIpc) is 3.13. The lowest BCUT2D eigenvalue weighted by Gasteiger charge is -2.11. The number of imidazole rings is 1. The molecule has 0 saturated heterocycles. The number of carbonyl (C=O) groups is 1. The van der Waals surface area contributed by atoms with E-state index < -0.39 is 0 Å². The molecule has 0 radical (unpaired) electrons. The fraction of sp³-hybridized carbons (Fsp3) is 0.200. The third-order valence-corrected chi connectivity index (χ3v) is 3.55. The molecular formula is C15H13N5O2. The van der Waals surface area contributed by atoms with Crippen LogP contribution in [0.3, 0.4) is 0 Å². The maximum Gasteiger partial charge on any atom is 0.308 e. The van der Waals surface area contributed by atoms with E-state index in [1.165, 1.54) is 0 Å². The van der Waals surface area contributed by atoms with Crippen LogP contribution in [0.1, 0.15) is 24.1 Å². The van der Waals surface area contributed by atoms with E-state index in [0.717, 1.165) is 22.5 Å². The first kappa shape index (κ1) is 12.8. The first-order valence-corrected chi connectivity index (χ1v) is 6.96. The summed E-state index contributed by atoms with van der Waals surface area (Å²) in [7, 11) is 0. The molecule has 7 nitrogen and oxygen atoms in total. The van der Waals surface area contributed by atoms with Gasteiger partial charge in [0.05, 0.1) is 11.4 Å². The van der Waals surface area contributed by atoms with Crippen molar-refractivity contribution in [1.29, 1.82) is 0 Å². The van der Waals surface area contributed by atoms with E-state index in [1.807, 2.05) is 31.3 Å². The van der Waals surface area contributed by atoms with Crippen LogP contribution < -0.4 is 5.43 Å². The smallest absolute Gasteiger partial charge is 0.308 e. The van der Waals surface area contributed by atoms with Crippen LogP contribution in [0.5, 0.6) is 0 Å². The van der Waals surface area contributed by atoms with Crippen LogP contribution in [0, 0.1) is 6.92 Å². The molecule has 0 saturated carbocycles. The molecule has 22 heavy (non-hydrogen) atoms. The molecular weight excluding hydrogens is 282 g/mol. The van der Waals surface area contributed by atoms with Crippen LogP contribution in [-0.4, -0.2) is 26.2 Å². The Bertz CT molecular complexity index is 906. The maximum atomic E-state index is 11.2. The van der Waals surface area contributed by atoms with Crippen molar-refractivity contribution in [2.45, 2.75) is 19.8 Å². The predicted octanol–water partition coefficient (Wildman–Crippen LogP) is 1.94. The fourth-order valence-corrected chi connectivity index (χ4v) is 2.41. The second kappa shape index (κ2) is 4.80. The quantitative estimate of drug-likeness (QED) is 0.783. The van der Waals surface area contributed by atoms with Gasteiger partial charge in [-0.1, -0.05) is 6.07 Å². The molecule has 1 aromatic carbocycles. The van der Waals surface area contributed by atoms with Gasteiger partial charge in [-0.25, -0.2) is 10.4 Å². The molecule has 0 aliphatic carbocycles. The van der Waals surface area contributed by atoms with Gasteiger partial charge < -0.3 is 4.42 Å². The Labute approximate surface area is 125 Å². The van der Waals surface area contributed by atoms with Gasteiger partial charge in [-0.05, 0) is 19.1 Å². The van der Waals surface area contributed by atoms with Crippen LogP contribution in [0.2, 0.25) is 0 Å². The highest BCUT2D eigenvalue weighted by molar-refractivity contribution is 6.05. The van der Waals surface area contributed by atoms with E-state index in [9.17, 15) is 4.79 Å². The number of hydrazone groups is 1. The second-order valence-corrected chi connectivity index (χ2v) is 5.19. The van der Waals surface area contributed by atoms with Gasteiger partial charge in [0.25, 0.3) is 0 Å². The van der Waals surface area contributed by atoms with Crippen molar-refractivity contribution in [2.24, 2.45) is 5.10 Å². The number of hydrogen-bond acceptors (Lipinski definition) is 5. The Morgan fingerprint density at radius 3 is 2.95 bits per heavy atom. The van der Waals surface area contributed by atoms with Gasteiger partial charge in [0.2, 0.25) is 5.91 Å². The van der Waals surface area contributed by atoms with Crippen molar-refractivity contribution in [3.8, 4) is 6.01 Å². The maximum absolute atomic E-state index is 11.2. The Morgan fingerprint density at radius 2 is 2.23 bits per heavy atom. The van der Waals surface area contributed by atoms with Crippen molar-refractivity contribution < 1.29 is 9.21 Å². The zero-order valence-corrected chi connectivity index (χ0v) is 11.9. The molecule has 1 amide bonds. The van der Waals surface area contributed by atoms with Crippen molar-refractivity contribution in [3.63, 3.8) is 0 Å². The Kier molecular flexibility index (Phi) is 2.78. The molecule has 1 N–H and O–H groups in total. The molecule has 0 spiro atoms. The number of hydrogen-bond donors (Lipinski definition) is 1. The summed E-state index contributed by atoms with van der Waals surface area (Å²) >= 11 is 0. The van der Waals surface area contributed by atoms with Gasteiger partial charge in [0, 0.05) is 24.6 Å². The number of rotatable bonds is 2. The summed E-state index contributed by atoms with van der Waals surface area (Å²) in [5, 5.41) is 4.10. The Hall–Kier alpha value is -2.96. The molecule has 0 bridgehead atoms. The number of carbonyl (C=O) groups excluding carboxylic acids is 1. The third-order valence-electron chi connectivity index (χ3n) is 3.55. The SMILES string of the molecule is Cc1cn(-c2nc3ccc(C4=NNC(=O)CC4)cc3o2)cn1. The van der Waals surface area contributed by atoms with Crippen LogP contribution >= 0.6 is 0 Å². The lowest BCUT2D eigenvalue weighted by atomic mass is 10.0. The normalized spacial score (nSPS) is 15.0. The molecule has 110 valence electrons. The minimum atomic E-state index is -0.0535.